The lowest BCUT2D eigenvalue weighted by Gasteiger charge is -2.12. The minimum Gasteiger partial charge on any atom is -0.490 e. The van der Waals surface area contributed by atoms with Gasteiger partial charge < -0.3 is 9.72 Å². The second-order valence-electron chi connectivity index (χ2n) is 6.02. The molecule has 1 N–H and O–H groups in total. The van der Waals surface area contributed by atoms with E-state index in [1.807, 2.05) is 13.8 Å². The molecule has 0 spiro atoms. The number of nitro groups is 1. The molecule has 0 amide bonds. The Morgan fingerprint density at radius 2 is 1.92 bits per heavy atom. The van der Waals surface area contributed by atoms with Gasteiger partial charge in [-0.25, -0.2) is 4.98 Å². The number of imidazole rings is 1. The number of halogens is 2. The monoisotopic (exact) mass is 379 g/mol. The Hall–Kier alpha value is -2.31. The van der Waals surface area contributed by atoms with E-state index >= 15 is 0 Å². The normalized spacial score (nSPS) is 11.2. The van der Waals surface area contributed by atoms with Crippen LogP contribution in [0.2, 0.25) is 10.0 Å². The van der Waals surface area contributed by atoms with Gasteiger partial charge in [-0.1, -0.05) is 37.0 Å². The van der Waals surface area contributed by atoms with Crippen molar-refractivity contribution in [1.82, 2.24) is 9.97 Å². The van der Waals surface area contributed by atoms with Crippen LogP contribution in [0.25, 0.3) is 22.4 Å². The largest absolute Gasteiger partial charge is 0.490 e. The van der Waals surface area contributed by atoms with Crippen molar-refractivity contribution in [2.75, 3.05) is 6.61 Å². The number of fused-ring (bicyclic) bond motifs is 1. The van der Waals surface area contributed by atoms with Crippen molar-refractivity contribution in [1.29, 1.82) is 0 Å². The van der Waals surface area contributed by atoms with Crippen LogP contribution in [-0.2, 0) is 0 Å². The molecule has 0 aliphatic carbocycles. The maximum absolute atomic E-state index is 10.9. The van der Waals surface area contributed by atoms with Crippen molar-refractivity contribution in [2.45, 2.75) is 13.8 Å². The third-order valence-corrected chi connectivity index (χ3v) is 4.07. The van der Waals surface area contributed by atoms with Gasteiger partial charge in [0.15, 0.2) is 5.75 Å². The van der Waals surface area contributed by atoms with E-state index in [4.69, 9.17) is 27.9 Å². The number of ether oxygens (including phenoxy) is 1. The van der Waals surface area contributed by atoms with Crippen LogP contribution in [0, 0.1) is 16.0 Å². The molecule has 0 radical (unpaired) electrons. The van der Waals surface area contributed by atoms with E-state index in [1.165, 1.54) is 12.1 Å². The van der Waals surface area contributed by atoms with Crippen molar-refractivity contribution in [2.24, 2.45) is 5.92 Å². The molecule has 1 heterocycles. The minimum absolute atomic E-state index is 0.00352. The molecular formula is C17H15Cl2N3O3. The number of nitro benzene ring substituents is 1. The van der Waals surface area contributed by atoms with Gasteiger partial charge in [-0.15, -0.1) is 0 Å². The molecule has 8 heteroatoms. The summed E-state index contributed by atoms with van der Waals surface area (Å²) in [5.41, 5.74) is 1.85. The first-order chi connectivity index (χ1) is 11.8. The molecule has 0 aliphatic heterocycles. The zero-order valence-corrected chi connectivity index (χ0v) is 15.1. The molecule has 25 heavy (non-hydrogen) atoms. The van der Waals surface area contributed by atoms with E-state index in [0.717, 1.165) is 0 Å². The first-order valence-corrected chi connectivity index (χ1v) is 8.37. The SMILES string of the molecule is CC(C)COc1c(Cl)cc(-c2nc3ccc([N+](=O)[O-])cc3[nH]2)cc1Cl. The predicted octanol–water partition coefficient (Wildman–Crippen LogP) is 5.48. The summed E-state index contributed by atoms with van der Waals surface area (Å²) in [4.78, 5) is 17.9. The van der Waals surface area contributed by atoms with Gasteiger partial charge in [-0.05, 0) is 24.1 Å². The lowest BCUT2D eigenvalue weighted by molar-refractivity contribution is -0.384. The van der Waals surface area contributed by atoms with Crippen LogP contribution in [0.3, 0.4) is 0 Å². The van der Waals surface area contributed by atoms with Gasteiger partial charge in [0, 0.05) is 17.7 Å². The van der Waals surface area contributed by atoms with Gasteiger partial charge >= 0.3 is 0 Å². The van der Waals surface area contributed by atoms with Crippen molar-refractivity contribution < 1.29 is 9.66 Å². The molecule has 1 aromatic heterocycles. The van der Waals surface area contributed by atoms with Gasteiger partial charge in [0.05, 0.1) is 32.6 Å². The average molecular weight is 380 g/mol. The molecule has 0 unspecified atom stereocenters. The van der Waals surface area contributed by atoms with Crippen LogP contribution in [0.1, 0.15) is 13.8 Å². The topological polar surface area (TPSA) is 81.1 Å². The van der Waals surface area contributed by atoms with E-state index in [-0.39, 0.29) is 5.69 Å². The van der Waals surface area contributed by atoms with E-state index in [2.05, 4.69) is 9.97 Å². The third-order valence-electron chi connectivity index (χ3n) is 3.51. The summed E-state index contributed by atoms with van der Waals surface area (Å²) in [5.74, 6) is 1.31. The number of hydrogen-bond acceptors (Lipinski definition) is 4. The third kappa shape index (κ3) is 3.70. The van der Waals surface area contributed by atoms with Crippen LogP contribution < -0.4 is 4.74 Å². The van der Waals surface area contributed by atoms with E-state index in [9.17, 15) is 10.1 Å². The number of nitrogens with one attached hydrogen (secondary N) is 1. The van der Waals surface area contributed by atoms with Crippen LogP contribution in [-0.4, -0.2) is 21.5 Å². The summed E-state index contributed by atoms with van der Waals surface area (Å²) in [6, 6.07) is 7.85. The highest BCUT2D eigenvalue weighted by molar-refractivity contribution is 6.37. The lowest BCUT2D eigenvalue weighted by atomic mass is 10.2. The number of aromatic nitrogens is 2. The predicted molar refractivity (Wildman–Crippen MR) is 98.5 cm³/mol. The molecule has 0 atom stereocenters. The molecule has 3 rings (SSSR count). The summed E-state index contributed by atoms with van der Waals surface area (Å²) < 4.78 is 5.65. The second kappa shape index (κ2) is 6.90. The highest BCUT2D eigenvalue weighted by atomic mass is 35.5. The van der Waals surface area contributed by atoms with Crippen molar-refractivity contribution in [3.63, 3.8) is 0 Å². The summed E-state index contributed by atoms with van der Waals surface area (Å²) in [6.07, 6.45) is 0. The van der Waals surface area contributed by atoms with Crippen molar-refractivity contribution in [3.8, 4) is 17.1 Å². The Labute approximate surface area is 153 Å². The van der Waals surface area contributed by atoms with Gasteiger partial charge in [0.2, 0.25) is 0 Å². The van der Waals surface area contributed by atoms with Gasteiger partial charge in [-0.2, -0.15) is 0 Å². The molecule has 2 aromatic carbocycles. The lowest BCUT2D eigenvalue weighted by Crippen LogP contribution is -2.05. The molecule has 130 valence electrons. The number of H-pyrrole nitrogens is 1. The van der Waals surface area contributed by atoms with E-state index in [1.54, 1.807) is 18.2 Å². The van der Waals surface area contributed by atoms with E-state index < -0.39 is 4.92 Å². The fraction of sp³-hybridized carbons (Fsp3) is 0.235. The zero-order chi connectivity index (χ0) is 18.1. The molecule has 0 bridgehead atoms. The van der Waals surface area contributed by atoms with Gasteiger partial charge in [-0.3, -0.25) is 10.1 Å². The highest BCUT2D eigenvalue weighted by Crippen LogP contribution is 2.37. The summed E-state index contributed by atoms with van der Waals surface area (Å²) in [5, 5.41) is 11.6. The maximum Gasteiger partial charge on any atom is 0.271 e. The molecule has 3 aromatic rings. The Morgan fingerprint density at radius 3 is 2.52 bits per heavy atom. The number of aromatic amines is 1. The van der Waals surface area contributed by atoms with Gasteiger partial charge in [0.1, 0.15) is 5.82 Å². The Morgan fingerprint density at radius 1 is 1.24 bits per heavy atom. The number of nitrogens with zero attached hydrogens (tertiary/aromatic N) is 2. The molecule has 0 aliphatic rings. The molecule has 6 nitrogen and oxygen atoms in total. The minimum atomic E-state index is -0.450. The van der Waals surface area contributed by atoms with E-state index in [0.29, 0.717) is 50.7 Å². The maximum atomic E-state index is 10.9. The number of hydrogen-bond donors (Lipinski definition) is 1. The quantitative estimate of drug-likeness (QED) is 0.469. The van der Waals surface area contributed by atoms with Crippen molar-refractivity contribution >= 4 is 39.9 Å². The molecule has 0 saturated carbocycles. The number of non-ortho nitro benzene ring substituents is 1. The Bertz CT molecular complexity index is 930. The molecule has 0 fully saturated rings. The highest BCUT2D eigenvalue weighted by Gasteiger charge is 2.15. The standard InChI is InChI=1S/C17H15Cl2N3O3/c1-9(2)8-25-16-12(18)5-10(6-13(16)19)17-20-14-4-3-11(22(23)24)7-15(14)21-17/h3-7,9H,8H2,1-2H3,(H,20,21). The van der Waals surface area contributed by atoms with Crippen LogP contribution >= 0.6 is 23.2 Å². The smallest absolute Gasteiger partial charge is 0.271 e. The second-order valence-corrected chi connectivity index (χ2v) is 6.83. The van der Waals surface area contributed by atoms with Crippen molar-refractivity contribution in [3.05, 3.63) is 50.5 Å². The summed E-state index contributed by atoms with van der Waals surface area (Å²) >= 11 is 12.6. The van der Waals surface area contributed by atoms with Crippen LogP contribution in [0.4, 0.5) is 5.69 Å². The van der Waals surface area contributed by atoms with Crippen LogP contribution in [0.5, 0.6) is 5.75 Å². The Kier molecular flexibility index (Phi) is 4.83. The summed E-state index contributed by atoms with van der Waals surface area (Å²) in [7, 11) is 0. The average Bonchev–Trinajstić information content (AvgIpc) is 2.96. The van der Waals surface area contributed by atoms with Gasteiger partial charge in [0.25, 0.3) is 5.69 Å². The first kappa shape index (κ1) is 17.5. The molecular weight excluding hydrogens is 365 g/mol. The fourth-order valence-corrected chi connectivity index (χ4v) is 2.93. The first-order valence-electron chi connectivity index (χ1n) is 7.61. The number of rotatable bonds is 5. The summed E-state index contributed by atoms with van der Waals surface area (Å²) in [6.45, 7) is 4.57. The zero-order valence-electron chi connectivity index (χ0n) is 13.5. The van der Waals surface area contributed by atoms with Crippen LogP contribution in [0.15, 0.2) is 30.3 Å². The number of benzene rings is 2. The fourth-order valence-electron chi connectivity index (χ4n) is 2.33. The molecule has 0 saturated heterocycles. The Balaban J connectivity index is 1.98.